The van der Waals surface area contributed by atoms with E-state index >= 15 is 0 Å². The SMILES string of the molecule is COCCn1cc(CCCC(=O)N2CCCC[C@H]2c2nc3ccccc3[nH]2)c2ccccc21. The Labute approximate surface area is 194 Å². The van der Waals surface area contributed by atoms with Crippen molar-refractivity contribution in [1.82, 2.24) is 19.4 Å². The molecule has 0 radical (unpaired) electrons. The van der Waals surface area contributed by atoms with Crippen molar-refractivity contribution in [3.8, 4) is 0 Å². The maximum absolute atomic E-state index is 13.3. The van der Waals surface area contributed by atoms with Crippen molar-refractivity contribution in [1.29, 1.82) is 0 Å². The number of benzene rings is 2. The third-order valence-corrected chi connectivity index (χ3v) is 6.79. The first-order chi connectivity index (χ1) is 16.2. The average Bonchev–Trinajstić information content (AvgIpc) is 3.44. The van der Waals surface area contributed by atoms with Crippen LogP contribution in [0.15, 0.2) is 54.7 Å². The number of hydrogen-bond acceptors (Lipinski definition) is 3. The van der Waals surface area contributed by atoms with Gasteiger partial charge >= 0.3 is 0 Å². The number of aryl methyl sites for hydroxylation is 1. The predicted octanol–water partition coefficient (Wildman–Crippen LogP) is 5.24. The third-order valence-electron chi connectivity index (χ3n) is 6.79. The van der Waals surface area contributed by atoms with Crippen LogP contribution in [0.1, 0.15) is 49.5 Å². The predicted molar refractivity (Wildman–Crippen MR) is 131 cm³/mol. The van der Waals surface area contributed by atoms with Gasteiger partial charge in [-0.3, -0.25) is 4.79 Å². The lowest BCUT2D eigenvalue weighted by molar-refractivity contribution is -0.135. The van der Waals surface area contributed by atoms with Crippen LogP contribution in [0.25, 0.3) is 21.9 Å². The summed E-state index contributed by atoms with van der Waals surface area (Å²) >= 11 is 0. The summed E-state index contributed by atoms with van der Waals surface area (Å²) in [5.74, 6) is 1.16. The summed E-state index contributed by atoms with van der Waals surface area (Å²) < 4.78 is 7.53. The van der Waals surface area contributed by atoms with Gasteiger partial charge in [-0.2, -0.15) is 0 Å². The van der Waals surface area contributed by atoms with Crippen LogP contribution in [-0.4, -0.2) is 45.6 Å². The smallest absolute Gasteiger partial charge is 0.223 e. The minimum Gasteiger partial charge on any atom is -0.383 e. The number of piperidine rings is 1. The first-order valence-electron chi connectivity index (χ1n) is 12.0. The number of methoxy groups -OCH3 is 1. The minimum atomic E-state index is 0.0506. The molecule has 33 heavy (non-hydrogen) atoms. The van der Waals surface area contributed by atoms with E-state index in [1.54, 1.807) is 7.11 Å². The number of para-hydroxylation sites is 3. The second kappa shape index (κ2) is 9.79. The Bertz CT molecular complexity index is 1210. The number of imidazole rings is 1. The van der Waals surface area contributed by atoms with Gasteiger partial charge in [-0.25, -0.2) is 4.98 Å². The number of aromatic amines is 1. The zero-order valence-electron chi connectivity index (χ0n) is 19.3. The fourth-order valence-electron chi connectivity index (χ4n) is 5.12. The van der Waals surface area contributed by atoms with Gasteiger partial charge in [0.25, 0.3) is 0 Å². The van der Waals surface area contributed by atoms with E-state index in [9.17, 15) is 4.79 Å². The van der Waals surface area contributed by atoms with Crippen molar-refractivity contribution < 1.29 is 9.53 Å². The summed E-state index contributed by atoms with van der Waals surface area (Å²) in [7, 11) is 1.73. The van der Waals surface area contributed by atoms with Crippen LogP contribution < -0.4 is 0 Å². The number of rotatable bonds is 8. The van der Waals surface area contributed by atoms with E-state index in [1.165, 1.54) is 16.5 Å². The van der Waals surface area contributed by atoms with Crippen molar-refractivity contribution in [2.45, 2.75) is 51.1 Å². The fraction of sp³-hybridized carbons (Fsp3) is 0.407. The molecule has 172 valence electrons. The quantitative estimate of drug-likeness (QED) is 0.404. The molecule has 5 rings (SSSR count). The lowest BCUT2D eigenvalue weighted by Gasteiger charge is -2.34. The van der Waals surface area contributed by atoms with Crippen LogP contribution in [0, 0.1) is 0 Å². The van der Waals surface area contributed by atoms with Crippen molar-refractivity contribution >= 4 is 27.8 Å². The monoisotopic (exact) mass is 444 g/mol. The van der Waals surface area contributed by atoms with Gasteiger partial charge in [0.1, 0.15) is 5.82 Å². The average molecular weight is 445 g/mol. The number of carbonyl (C=O) groups excluding carboxylic acids is 1. The highest BCUT2D eigenvalue weighted by Crippen LogP contribution is 2.31. The molecule has 6 heteroatoms. The Hall–Kier alpha value is -3.12. The number of ether oxygens (including phenoxy) is 1. The largest absolute Gasteiger partial charge is 0.383 e. The molecule has 4 aromatic rings. The second-order valence-electron chi connectivity index (χ2n) is 8.95. The fourth-order valence-corrected chi connectivity index (χ4v) is 5.12. The van der Waals surface area contributed by atoms with Gasteiger partial charge in [-0.05, 0) is 55.9 Å². The Morgan fingerprint density at radius 1 is 1.15 bits per heavy atom. The van der Waals surface area contributed by atoms with E-state index in [4.69, 9.17) is 9.72 Å². The second-order valence-corrected chi connectivity index (χ2v) is 8.95. The summed E-state index contributed by atoms with van der Waals surface area (Å²) in [6.45, 7) is 2.34. The van der Waals surface area contributed by atoms with Gasteiger partial charge in [0, 0.05) is 43.7 Å². The molecular weight excluding hydrogens is 412 g/mol. The Kier molecular flexibility index (Phi) is 6.44. The molecule has 0 spiro atoms. The van der Waals surface area contributed by atoms with Gasteiger partial charge < -0.3 is 19.2 Å². The van der Waals surface area contributed by atoms with E-state index in [0.29, 0.717) is 13.0 Å². The van der Waals surface area contributed by atoms with Crippen LogP contribution in [0.2, 0.25) is 0 Å². The molecule has 1 aliphatic rings. The molecule has 2 aromatic carbocycles. The number of aromatic nitrogens is 3. The number of carbonyl (C=O) groups is 1. The van der Waals surface area contributed by atoms with Crippen LogP contribution in [0.3, 0.4) is 0 Å². The number of nitrogens with one attached hydrogen (secondary N) is 1. The van der Waals surface area contributed by atoms with E-state index in [0.717, 1.165) is 62.1 Å². The highest BCUT2D eigenvalue weighted by atomic mass is 16.5. The first-order valence-corrected chi connectivity index (χ1v) is 12.0. The summed E-state index contributed by atoms with van der Waals surface area (Å²) in [6.07, 6.45) is 7.71. The lowest BCUT2D eigenvalue weighted by atomic mass is 10.00. The van der Waals surface area contributed by atoms with Gasteiger partial charge in [-0.15, -0.1) is 0 Å². The molecular formula is C27H32N4O2. The van der Waals surface area contributed by atoms with E-state index in [-0.39, 0.29) is 11.9 Å². The highest BCUT2D eigenvalue weighted by Gasteiger charge is 2.29. The number of H-pyrrole nitrogens is 1. The summed E-state index contributed by atoms with van der Waals surface area (Å²) in [5.41, 5.74) is 4.55. The zero-order chi connectivity index (χ0) is 22.6. The van der Waals surface area contributed by atoms with Crippen molar-refractivity contribution in [3.05, 3.63) is 66.1 Å². The molecule has 2 aromatic heterocycles. The zero-order valence-corrected chi connectivity index (χ0v) is 19.3. The number of nitrogens with zero attached hydrogens (tertiary/aromatic N) is 3. The van der Waals surface area contributed by atoms with Crippen molar-refractivity contribution in [2.75, 3.05) is 20.3 Å². The normalized spacial score (nSPS) is 16.6. The standard InChI is InChI=1S/C27H32N4O2/c1-33-18-17-30-19-20(21-10-2-5-13-24(21)30)9-8-15-26(32)31-16-7-6-14-25(31)27-28-22-11-3-4-12-23(22)29-27/h2-5,10-13,19,25H,6-9,14-18H2,1H3,(H,28,29)/t25-/m0/s1. The number of likely N-dealkylation sites (tertiary alicyclic amines) is 1. The first kappa shape index (κ1) is 21.7. The summed E-state index contributed by atoms with van der Waals surface area (Å²) in [4.78, 5) is 23.6. The van der Waals surface area contributed by atoms with Crippen molar-refractivity contribution in [2.24, 2.45) is 0 Å². The highest BCUT2D eigenvalue weighted by molar-refractivity contribution is 5.84. The molecule has 0 aliphatic carbocycles. The Morgan fingerprint density at radius 3 is 2.88 bits per heavy atom. The molecule has 1 N–H and O–H groups in total. The van der Waals surface area contributed by atoms with Crippen LogP contribution in [0.5, 0.6) is 0 Å². The van der Waals surface area contributed by atoms with Crippen LogP contribution in [-0.2, 0) is 22.5 Å². The molecule has 1 aliphatic heterocycles. The molecule has 1 amide bonds. The molecule has 1 saturated heterocycles. The van der Waals surface area contributed by atoms with E-state index < -0.39 is 0 Å². The number of amides is 1. The molecule has 0 bridgehead atoms. The maximum Gasteiger partial charge on any atom is 0.223 e. The molecule has 1 fully saturated rings. The molecule has 0 unspecified atom stereocenters. The minimum absolute atomic E-state index is 0.0506. The molecule has 0 saturated carbocycles. The van der Waals surface area contributed by atoms with Gasteiger partial charge in [0.05, 0.1) is 23.7 Å². The number of hydrogen-bond donors (Lipinski definition) is 1. The number of fused-ring (bicyclic) bond motifs is 2. The van der Waals surface area contributed by atoms with E-state index in [2.05, 4.69) is 44.9 Å². The van der Waals surface area contributed by atoms with E-state index in [1.807, 2.05) is 24.3 Å². The van der Waals surface area contributed by atoms with Crippen LogP contribution >= 0.6 is 0 Å². The molecule has 1 atom stereocenters. The maximum atomic E-state index is 13.3. The van der Waals surface area contributed by atoms with Gasteiger partial charge in [-0.1, -0.05) is 30.3 Å². The molecule has 6 nitrogen and oxygen atoms in total. The summed E-state index contributed by atoms with van der Waals surface area (Å²) in [6, 6.07) is 16.6. The third kappa shape index (κ3) is 4.53. The molecule has 3 heterocycles. The van der Waals surface area contributed by atoms with Crippen molar-refractivity contribution in [3.63, 3.8) is 0 Å². The Morgan fingerprint density at radius 2 is 2.00 bits per heavy atom. The Balaban J connectivity index is 1.26. The lowest BCUT2D eigenvalue weighted by Crippen LogP contribution is -2.38. The van der Waals surface area contributed by atoms with Gasteiger partial charge in [0.15, 0.2) is 0 Å². The van der Waals surface area contributed by atoms with Gasteiger partial charge in [0.2, 0.25) is 5.91 Å². The van der Waals surface area contributed by atoms with Crippen LogP contribution in [0.4, 0.5) is 0 Å². The summed E-state index contributed by atoms with van der Waals surface area (Å²) in [5, 5.41) is 1.28. The topological polar surface area (TPSA) is 63.1 Å².